The van der Waals surface area contributed by atoms with Gasteiger partial charge in [0, 0.05) is 37.4 Å². The molecule has 2 rings (SSSR count). The molecule has 0 heterocycles. The number of carbonyl (C=O) groups excluding carboxylic acids is 2. The van der Waals surface area contributed by atoms with Crippen LogP contribution in [-0.2, 0) is 39.5 Å². The second kappa shape index (κ2) is 14.4. The van der Waals surface area contributed by atoms with Gasteiger partial charge in [-0.3, -0.25) is 9.98 Å². The number of hydrogen-bond donors (Lipinski definition) is 4. The normalized spacial score (nSPS) is 10.3. The van der Waals surface area contributed by atoms with E-state index in [9.17, 15) is 30.0 Å². The predicted molar refractivity (Wildman–Crippen MR) is 104 cm³/mol. The molecule has 2 aromatic carbocycles. The molecule has 1 radical (unpaired) electrons. The molecule has 0 aliphatic heterocycles. The van der Waals surface area contributed by atoms with E-state index >= 15 is 0 Å². The standard InChI is InChI=1S/2C10H11NO4.Mn/c2*12-8-2-1-7(9(13)5-8)3-4-11-6-10(14)15;/h2*1-2,4-5,12-13H,3,6H2,(H,14,15);/q;;+2/p-2. The average Bonchev–Trinajstić information content (AvgIpc) is 2.65. The third-order valence-electron chi connectivity index (χ3n) is 3.46. The van der Waals surface area contributed by atoms with Crippen molar-refractivity contribution < 1.29 is 57.3 Å². The average molecular weight is 471 g/mol. The van der Waals surface area contributed by atoms with Crippen molar-refractivity contribution in [2.75, 3.05) is 13.1 Å². The predicted octanol–water partition coefficient (Wildman–Crippen LogP) is -1.08. The first kappa shape index (κ1) is 27.4. The van der Waals surface area contributed by atoms with Crippen LogP contribution in [0.3, 0.4) is 0 Å². The van der Waals surface area contributed by atoms with Gasteiger partial charge in [-0.1, -0.05) is 12.1 Å². The van der Waals surface area contributed by atoms with Gasteiger partial charge < -0.3 is 40.2 Å². The zero-order valence-corrected chi connectivity index (χ0v) is 17.3. The van der Waals surface area contributed by atoms with Crippen LogP contribution >= 0.6 is 0 Å². The molecule has 0 amide bonds. The van der Waals surface area contributed by atoms with Gasteiger partial charge in [-0.15, -0.1) is 0 Å². The molecule has 31 heavy (non-hydrogen) atoms. The monoisotopic (exact) mass is 471 g/mol. The van der Waals surface area contributed by atoms with Crippen LogP contribution in [0.25, 0.3) is 0 Å². The molecule has 10 nitrogen and oxygen atoms in total. The van der Waals surface area contributed by atoms with Crippen LogP contribution < -0.4 is 10.2 Å². The quantitative estimate of drug-likeness (QED) is 0.276. The summed E-state index contributed by atoms with van der Waals surface area (Å²) in [5.41, 5.74) is 1.13. The molecule has 0 atom stereocenters. The van der Waals surface area contributed by atoms with Crippen LogP contribution in [0.5, 0.6) is 23.0 Å². The van der Waals surface area contributed by atoms with Crippen molar-refractivity contribution in [1.82, 2.24) is 0 Å². The molecule has 0 aromatic heterocycles. The minimum atomic E-state index is -1.25. The van der Waals surface area contributed by atoms with Gasteiger partial charge >= 0.3 is 17.1 Å². The number of carbonyl (C=O) groups is 2. The Bertz CT molecular complexity index is 856. The van der Waals surface area contributed by atoms with Crippen molar-refractivity contribution in [1.29, 1.82) is 0 Å². The molecule has 11 heteroatoms. The van der Waals surface area contributed by atoms with Gasteiger partial charge in [0.05, 0.1) is 25.0 Å². The summed E-state index contributed by atoms with van der Waals surface area (Å²) in [6, 6.07) is 8.36. The zero-order chi connectivity index (χ0) is 22.5. The summed E-state index contributed by atoms with van der Waals surface area (Å²) in [7, 11) is 0. The number of hydrogen-bond acceptors (Lipinski definition) is 10. The molecule has 4 N–H and O–H groups in total. The van der Waals surface area contributed by atoms with E-state index in [-0.39, 0.29) is 40.1 Å². The molecule has 0 saturated carbocycles. The molecule has 0 bridgehead atoms. The van der Waals surface area contributed by atoms with Gasteiger partial charge in [-0.25, -0.2) is 0 Å². The van der Waals surface area contributed by atoms with Crippen LogP contribution in [0.2, 0.25) is 0 Å². The van der Waals surface area contributed by atoms with E-state index in [0.29, 0.717) is 24.0 Å². The smallest absolute Gasteiger partial charge is 0.548 e. The Balaban J connectivity index is 0.000000562. The molecule has 0 unspecified atom stereocenters. The fraction of sp³-hybridized carbons (Fsp3) is 0.200. The van der Waals surface area contributed by atoms with E-state index in [0.717, 1.165) is 0 Å². The second-order valence-corrected chi connectivity index (χ2v) is 5.82. The zero-order valence-electron chi connectivity index (χ0n) is 16.1. The number of aromatic hydroxyl groups is 4. The summed E-state index contributed by atoms with van der Waals surface area (Å²) in [5, 5.41) is 56.7. The SMILES string of the molecule is O=C([O-])CN=CCc1ccc(O)cc1O.O=C([O-])CN=CCc1ccc(O)cc1O.[Mn+2]. The number of rotatable bonds is 8. The van der Waals surface area contributed by atoms with Gasteiger partial charge in [-0.2, -0.15) is 0 Å². The Morgan fingerprint density at radius 2 is 1.10 bits per heavy atom. The van der Waals surface area contributed by atoms with Gasteiger partial charge in [0.15, 0.2) is 0 Å². The molecular formula is C20H20MnN2O8. The summed E-state index contributed by atoms with van der Waals surface area (Å²) >= 11 is 0. The number of carboxylic acids is 2. The number of benzene rings is 2. The Morgan fingerprint density at radius 3 is 1.39 bits per heavy atom. The van der Waals surface area contributed by atoms with Gasteiger partial charge in [0.25, 0.3) is 0 Å². The third-order valence-corrected chi connectivity index (χ3v) is 3.46. The van der Waals surface area contributed by atoms with Crippen LogP contribution in [0.15, 0.2) is 46.4 Å². The molecule has 0 aliphatic rings. The molecule has 0 fully saturated rings. The van der Waals surface area contributed by atoms with Crippen molar-refractivity contribution in [2.45, 2.75) is 12.8 Å². The summed E-state index contributed by atoms with van der Waals surface area (Å²) in [6.45, 7) is -0.780. The first-order chi connectivity index (χ1) is 14.2. The van der Waals surface area contributed by atoms with E-state index in [4.69, 9.17) is 10.2 Å². The van der Waals surface area contributed by atoms with Crippen LogP contribution in [0.1, 0.15) is 11.1 Å². The molecule has 0 spiro atoms. The van der Waals surface area contributed by atoms with E-state index in [1.807, 2.05) is 0 Å². The Kier molecular flexibility index (Phi) is 12.8. The van der Waals surface area contributed by atoms with Crippen molar-refractivity contribution in [3.05, 3.63) is 47.5 Å². The number of phenolic OH excluding ortho intramolecular Hbond substituents is 4. The third kappa shape index (κ3) is 11.9. The minimum absolute atomic E-state index is 0. The maximum atomic E-state index is 10.0. The van der Waals surface area contributed by atoms with Crippen LogP contribution in [0, 0.1) is 0 Å². The fourth-order valence-corrected chi connectivity index (χ4v) is 2.05. The van der Waals surface area contributed by atoms with Gasteiger partial charge in [0.1, 0.15) is 23.0 Å². The van der Waals surface area contributed by atoms with E-state index in [1.165, 1.54) is 48.8 Å². The van der Waals surface area contributed by atoms with Crippen molar-refractivity contribution in [2.24, 2.45) is 9.98 Å². The van der Waals surface area contributed by atoms with Gasteiger partial charge in [0.2, 0.25) is 0 Å². The Morgan fingerprint density at radius 1 is 0.742 bits per heavy atom. The van der Waals surface area contributed by atoms with Crippen LogP contribution in [-0.4, -0.2) is 57.9 Å². The Hall–Kier alpha value is -3.56. The molecule has 2 aromatic rings. The largest absolute Gasteiger partial charge is 2.00 e. The maximum Gasteiger partial charge on any atom is 2.00 e. The Labute approximate surface area is 188 Å². The number of phenols is 4. The summed E-state index contributed by atoms with van der Waals surface area (Å²) in [4.78, 5) is 27.2. The van der Waals surface area contributed by atoms with Crippen molar-refractivity contribution in [3.8, 4) is 23.0 Å². The van der Waals surface area contributed by atoms with Crippen molar-refractivity contribution in [3.63, 3.8) is 0 Å². The first-order valence-electron chi connectivity index (χ1n) is 8.57. The minimum Gasteiger partial charge on any atom is -0.548 e. The van der Waals surface area contributed by atoms with Crippen LogP contribution in [0.4, 0.5) is 0 Å². The number of aliphatic imine (C=N–C) groups is 2. The van der Waals surface area contributed by atoms with E-state index in [1.54, 1.807) is 0 Å². The van der Waals surface area contributed by atoms with Crippen molar-refractivity contribution >= 4 is 24.4 Å². The van der Waals surface area contributed by atoms with Gasteiger partial charge in [-0.05, 0) is 23.3 Å². The molecule has 0 aliphatic carbocycles. The molecule has 165 valence electrons. The number of aliphatic carboxylic acids is 2. The van der Waals surface area contributed by atoms with E-state index < -0.39 is 25.0 Å². The second-order valence-electron chi connectivity index (χ2n) is 5.82. The molecule has 0 saturated heterocycles. The number of carboxylic acid groups (broad SMARTS) is 2. The molecular weight excluding hydrogens is 451 g/mol. The summed E-state index contributed by atoms with van der Waals surface area (Å²) < 4.78 is 0. The fourth-order valence-electron chi connectivity index (χ4n) is 2.05. The first-order valence-corrected chi connectivity index (χ1v) is 8.57. The summed E-state index contributed by atoms with van der Waals surface area (Å²) in [6.07, 6.45) is 3.36. The van der Waals surface area contributed by atoms with E-state index in [2.05, 4.69) is 9.98 Å². The maximum absolute atomic E-state index is 10.0. The number of nitrogens with zero attached hydrogens (tertiary/aromatic N) is 2. The topological polar surface area (TPSA) is 186 Å². The summed E-state index contributed by atoms with van der Waals surface area (Å²) in [5.74, 6) is -2.64.